The topological polar surface area (TPSA) is 73.9 Å². The normalized spacial score (nSPS) is 16.6. The average molecular weight is 473 g/mol. The van der Waals surface area contributed by atoms with Crippen molar-refractivity contribution < 1.29 is 14.3 Å². The van der Waals surface area contributed by atoms with Gasteiger partial charge in [0, 0.05) is 57.1 Å². The van der Waals surface area contributed by atoms with Crippen LogP contribution >= 0.6 is 0 Å². The lowest BCUT2D eigenvalue weighted by Crippen LogP contribution is -2.41. The first-order valence-electron chi connectivity index (χ1n) is 13.4. The number of nitrogens with one attached hydrogen (secondary N) is 2. The molecule has 190 valence electrons. The van der Waals surface area contributed by atoms with Crippen LogP contribution in [-0.2, 0) is 9.53 Å². The third-order valence-electron chi connectivity index (χ3n) is 6.80. The van der Waals surface area contributed by atoms with Crippen molar-refractivity contribution in [2.75, 3.05) is 62.7 Å². The Morgan fingerprint density at radius 2 is 1.65 bits per heavy atom. The molecule has 0 aromatic heterocycles. The number of ether oxygens (including phenoxy) is 1. The minimum Gasteiger partial charge on any atom is -0.379 e. The van der Waals surface area contributed by atoms with Crippen molar-refractivity contribution in [1.29, 1.82) is 0 Å². The molecule has 3 rings (SSSR count). The smallest absolute Gasteiger partial charge is 0.253 e. The van der Waals surface area contributed by atoms with E-state index in [0.29, 0.717) is 24.2 Å². The lowest BCUT2D eigenvalue weighted by molar-refractivity contribution is -0.116. The molecule has 0 spiro atoms. The summed E-state index contributed by atoms with van der Waals surface area (Å²) in [7, 11) is 0. The minimum atomic E-state index is -0.0710. The predicted octanol–water partition coefficient (Wildman–Crippen LogP) is 4.43. The fourth-order valence-electron chi connectivity index (χ4n) is 4.74. The standard InChI is InChI=1S/C27H44N4O3/c1-2-3-4-5-6-7-8-11-26(32)29-23-12-13-25(31-15-9-10-16-31)24(22-23)27(33)28-14-17-30-18-20-34-21-19-30/h12-13,22H,2-11,14-21H2,1H3,(H,28,33)(H,29,32). The van der Waals surface area contributed by atoms with Crippen LogP contribution in [-0.4, -0.2) is 69.2 Å². The van der Waals surface area contributed by atoms with Gasteiger partial charge in [0.2, 0.25) is 5.91 Å². The van der Waals surface area contributed by atoms with Gasteiger partial charge in [0.1, 0.15) is 0 Å². The van der Waals surface area contributed by atoms with E-state index in [9.17, 15) is 9.59 Å². The van der Waals surface area contributed by atoms with E-state index in [-0.39, 0.29) is 11.8 Å². The van der Waals surface area contributed by atoms with Crippen molar-refractivity contribution in [3.63, 3.8) is 0 Å². The number of hydrogen-bond donors (Lipinski definition) is 2. The van der Waals surface area contributed by atoms with E-state index in [1.807, 2.05) is 18.2 Å². The maximum atomic E-state index is 13.1. The summed E-state index contributed by atoms with van der Waals surface area (Å²) in [6.07, 6.45) is 11.2. The lowest BCUT2D eigenvalue weighted by atomic mass is 10.1. The number of anilines is 2. The zero-order valence-electron chi connectivity index (χ0n) is 21.1. The van der Waals surface area contributed by atoms with Gasteiger partial charge in [0.05, 0.1) is 18.8 Å². The Kier molecular flexibility index (Phi) is 11.7. The molecular formula is C27H44N4O3. The molecule has 2 heterocycles. The number of carbonyl (C=O) groups excluding carboxylic acids is 2. The average Bonchev–Trinajstić information content (AvgIpc) is 3.39. The summed E-state index contributed by atoms with van der Waals surface area (Å²) in [5.41, 5.74) is 2.32. The van der Waals surface area contributed by atoms with Gasteiger partial charge in [-0.1, -0.05) is 45.4 Å². The number of carbonyl (C=O) groups is 2. The highest BCUT2D eigenvalue weighted by atomic mass is 16.5. The Labute approximate surface area is 205 Å². The first kappa shape index (κ1) is 26.5. The number of unbranched alkanes of at least 4 members (excludes halogenated alkanes) is 6. The van der Waals surface area contributed by atoms with Gasteiger partial charge in [-0.15, -0.1) is 0 Å². The highest BCUT2D eigenvalue weighted by Crippen LogP contribution is 2.28. The summed E-state index contributed by atoms with van der Waals surface area (Å²) in [5.74, 6) is -0.0421. The van der Waals surface area contributed by atoms with Crippen molar-refractivity contribution in [3.8, 4) is 0 Å². The van der Waals surface area contributed by atoms with Crippen LogP contribution in [0.1, 0.15) is 81.5 Å². The molecule has 0 saturated carbocycles. The van der Waals surface area contributed by atoms with E-state index in [2.05, 4.69) is 27.4 Å². The SMILES string of the molecule is CCCCCCCCCC(=O)Nc1ccc(N2CCCC2)c(C(=O)NCCN2CCOCC2)c1. The monoisotopic (exact) mass is 472 g/mol. The largest absolute Gasteiger partial charge is 0.379 e. The molecule has 0 atom stereocenters. The van der Waals surface area contributed by atoms with E-state index in [4.69, 9.17) is 4.74 Å². The van der Waals surface area contributed by atoms with Crippen LogP contribution < -0.4 is 15.5 Å². The van der Waals surface area contributed by atoms with Crippen LogP contribution in [0.5, 0.6) is 0 Å². The molecule has 2 aliphatic heterocycles. The van der Waals surface area contributed by atoms with Crippen LogP contribution in [0.3, 0.4) is 0 Å². The summed E-state index contributed by atoms with van der Waals surface area (Å²) in [4.78, 5) is 30.2. The number of benzene rings is 1. The molecule has 0 aliphatic carbocycles. The number of hydrogen-bond acceptors (Lipinski definition) is 5. The minimum absolute atomic E-state index is 0.0288. The Morgan fingerprint density at radius 1 is 0.941 bits per heavy atom. The van der Waals surface area contributed by atoms with E-state index in [0.717, 1.165) is 77.3 Å². The van der Waals surface area contributed by atoms with Gasteiger partial charge in [-0.05, 0) is 37.5 Å². The predicted molar refractivity (Wildman–Crippen MR) is 139 cm³/mol. The van der Waals surface area contributed by atoms with Crippen molar-refractivity contribution in [2.24, 2.45) is 0 Å². The second kappa shape index (κ2) is 15.0. The van der Waals surface area contributed by atoms with Gasteiger partial charge in [-0.3, -0.25) is 14.5 Å². The number of amides is 2. The molecular weight excluding hydrogens is 428 g/mol. The van der Waals surface area contributed by atoms with E-state index < -0.39 is 0 Å². The molecule has 2 saturated heterocycles. The number of rotatable bonds is 14. The summed E-state index contributed by atoms with van der Waals surface area (Å²) < 4.78 is 5.40. The highest BCUT2D eigenvalue weighted by molar-refractivity contribution is 6.02. The van der Waals surface area contributed by atoms with Crippen molar-refractivity contribution >= 4 is 23.2 Å². The maximum absolute atomic E-state index is 13.1. The quantitative estimate of drug-likeness (QED) is 0.392. The van der Waals surface area contributed by atoms with Crippen LogP contribution in [0.15, 0.2) is 18.2 Å². The molecule has 2 N–H and O–H groups in total. The Morgan fingerprint density at radius 3 is 2.38 bits per heavy atom. The third kappa shape index (κ3) is 8.91. The number of nitrogens with zero attached hydrogens (tertiary/aromatic N) is 2. The van der Waals surface area contributed by atoms with Crippen LogP contribution in [0.4, 0.5) is 11.4 Å². The summed E-state index contributed by atoms with van der Waals surface area (Å²) >= 11 is 0. The molecule has 2 aliphatic rings. The molecule has 0 bridgehead atoms. The molecule has 7 heteroatoms. The Hall–Kier alpha value is -2.12. The van der Waals surface area contributed by atoms with Crippen LogP contribution in [0.25, 0.3) is 0 Å². The van der Waals surface area contributed by atoms with E-state index in [1.165, 1.54) is 32.1 Å². The van der Waals surface area contributed by atoms with Gasteiger partial charge >= 0.3 is 0 Å². The molecule has 2 amide bonds. The van der Waals surface area contributed by atoms with Gasteiger partial charge in [0.15, 0.2) is 0 Å². The fourth-order valence-corrected chi connectivity index (χ4v) is 4.74. The summed E-state index contributed by atoms with van der Waals surface area (Å²) in [6.45, 7) is 8.93. The molecule has 34 heavy (non-hydrogen) atoms. The molecule has 0 unspecified atom stereocenters. The molecule has 2 fully saturated rings. The van der Waals surface area contributed by atoms with Crippen LogP contribution in [0.2, 0.25) is 0 Å². The fraction of sp³-hybridized carbons (Fsp3) is 0.704. The zero-order chi connectivity index (χ0) is 24.0. The first-order valence-corrected chi connectivity index (χ1v) is 13.4. The van der Waals surface area contributed by atoms with Gasteiger partial charge in [-0.25, -0.2) is 0 Å². The molecule has 0 radical (unpaired) electrons. The summed E-state index contributed by atoms with van der Waals surface area (Å²) in [6, 6.07) is 5.77. The highest BCUT2D eigenvalue weighted by Gasteiger charge is 2.21. The first-order chi connectivity index (χ1) is 16.7. The van der Waals surface area contributed by atoms with E-state index in [1.54, 1.807) is 0 Å². The van der Waals surface area contributed by atoms with Crippen LogP contribution in [0, 0.1) is 0 Å². The Balaban J connectivity index is 1.52. The molecule has 1 aromatic rings. The van der Waals surface area contributed by atoms with Gasteiger partial charge in [0.25, 0.3) is 5.91 Å². The lowest BCUT2D eigenvalue weighted by Gasteiger charge is -2.26. The van der Waals surface area contributed by atoms with Crippen molar-refractivity contribution in [2.45, 2.75) is 71.1 Å². The van der Waals surface area contributed by atoms with Gasteiger partial charge in [-0.2, -0.15) is 0 Å². The van der Waals surface area contributed by atoms with E-state index >= 15 is 0 Å². The van der Waals surface area contributed by atoms with Gasteiger partial charge < -0.3 is 20.3 Å². The molecule has 7 nitrogen and oxygen atoms in total. The Bertz CT molecular complexity index is 758. The number of morpholine rings is 1. The summed E-state index contributed by atoms with van der Waals surface area (Å²) in [5, 5.41) is 6.11. The second-order valence-corrected chi connectivity index (χ2v) is 9.56. The second-order valence-electron chi connectivity index (χ2n) is 9.56. The maximum Gasteiger partial charge on any atom is 0.253 e. The zero-order valence-corrected chi connectivity index (χ0v) is 21.1. The molecule has 1 aromatic carbocycles. The van der Waals surface area contributed by atoms with Crippen molar-refractivity contribution in [3.05, 3.63) is 23.8 Å². The van der Waals surface area contributed by atoms with Crippen molar-refractivity contribution in [1.82, 2.24) is 10.2 Å². The third-order valence-corrected chi connectivity index (χ3v) is 6.80.